The van der Waals surface area contributed by atoms with Gasteiger partial charge in [-0.3, -0.25) is 9.36 Å². The van der Waals surface area contributed by atoms with Crippen LogP contribution in [0.2, 0.25) is 0 Å². The summed E-state index contributed by atoms with van der Waals surface area (Å²) in [6, 6.07) is 13.7. The summed E-state index contributed by atoms with van der Waals surface area (Å²) in [6.07, 6.45) is 0. The predicted molar refractivity (Wildman–Crippen MR) is 119 cm³/mol. The van der Waals surface area contributed by atoms with Crippen molar-refractivity contribution in [2.45, 2.75) is 31.5 Å². The summed E-state index contributed by atoms with van der Waals surface area (Å²) >= 11 is 2.83. The summed E-state index contributed by atoms with van der Waals surface area (Å²) in [6.45, 7) is 5.54. The number of nitrogens with one attached hydrogen (secondary N) is 1. The Kier molecular flexibility index (Phi) is 6.80. The molecule has 0 spiro atoms. The molecule has 3 aromatic rings. The maximum absolute atomic E-state index is 12.5. The first-order valence-corrected chi connectivity index (χ1v) is 11.2. The Morgan fingerprint density at radius 1 is 1.33 bits per heavy atom. The number of methoxy groups -OCH3 is 1. The fourth-order valence-electron chi connectivity index (χ4n) is 2.72. The zero-order chi connectivity index (χ0) is 21.7. The first-order chi connectivity index (χ1) is 14.4. The highest BCUT2D eigenvalue weighted by molar-refractivity contribution is 7.99. The standard InChI is InChI=1S/C21H23N5O2S2/c1-14(2)21(3,13-22)23-18(27)12-30-20-25-24-19(17-10-7-11-29-17)26(20)15-8-5-6-9-16(15)28-4/h5-11,14H,12H2,1-4H3,(H,23,27). The fourth-order valence-corrected chi connectivity index (χ4v) is 4.16. The highest BCUT2D eigenvalue weighted by atomic mass is 32.2. The lowest BCUT2D eigenvalue weighted by Gasteiger charge is -2.27. The average Bonchev–Trinajstić information content (AvgIpc) is 3.41. The minimum atomic E-state index is -0.921. The van der Waals surface area contributed by atoms with Crippen molar-refractivity contribution in [1.29, 1.82) is 5.26 Å². The Bertz CT molecular complexity index is 1060. The molecule has 156 valence electrons. The number of nitrogens with zero attached hydrogens (tertiary/aromatic N) is 4. The molecule has 0 saturated carbocycles. The van der Waals surface area contributed by atoms with E-state index < -0.39 is 5.54 Å². The molecule has 0 bridgehead atoms. The van der Waals surface area contributed by atoms with Crippen molar-refractivity contribution < 1.29 is 9.53 Å². The van der Waals surface area contributed by atoms with Gasteiger partial charge in [0.25, 0.3) is 0 Å². The summed E-state index contributed by atoms with van der Waals surface area (Å²) in [5, 5.41) is 23.5. The molecule has 1 aromatic carbocycles. The minimum absolute atomic E-state index is 0.0147. The van der Waals surface area contributed by atoms with E-state index >= 15 is 0 Å². The number of hydrogen-bond donors (Lipinski definition) is 1. The predicted octanol–water partition coefficient (Wildman–Crippen LogP) is 4.15. The lowest BCUT2D eigenvalue weighted by molar-refractivity contribution is -0.120. The Morgan fingerprint density at radius 2 is 2.10 bits per heavy atom. The number of aromatic nitrogens is 3. The number of ether oxygens (including phenoxy) is 1. The molecule has 0 radical (unpaired) electrons. The van der Waals surface area contributed by atoms with E-state index in [9.17, 15) is 10.1 Å². The van der Waals surface area contributed by atoms with E-state index in [-0.39, 0.29) is 17.6 Å². The lowest BCUT2D eigenvalue weighted by atomic mass is 9.90. The second-order valence-electron chi connectivity index (χ2n) is 7.10. The summed E-state index contributed by atoms with van der Waals surface area (Å²) in [5.41, 5.74) is -0.129. The molecule has 9 heteroatoms. The van der Waals surface area contributed by atoms with E-state index in [1.54, 1.807) is 25.4 Å². The second-order valence-corrected chi connectivity index (χ2v) is 8.99. The summed E-state index contributed by atoms with van der Waals surface area (Å²) in [5.74, 6) is 1.23. The molecule has 0 aliphatic heterocycles. The van der Waals surface area contributed by atoms with Gasteiger partial charge in [0.2, 0.25) is 5.91 Å². The van der Waals surface area contributed by atoms with Crippen LogP contribution in [0.5, 0.6) is 5.75 Å². The molecule has 3 rings (SSSR count). The maximum Gasteiger partial charge on any atom is 0.231 e. The molecule has 0 aliphatic rings. The molecule has 2 heterocycles. The van der Waals surface area contributed by atoms with Gasteiger partial charge in [0.05, 0.1) is 29.5 Å². The molecule has 1 N–H and O–H groups in total. The van der Waals surface area contributed by atoms with Crippen LogP contribution in [-0.4, -0.2) is 39.1 Å². The molecule has 0 aliphatic carbocycles. The fraction of sp³-hybridized carbons (Fsp3) is 0.333. The molecule has 30 heavy (non-hydrogen) atoms. The van der Waals surface area contributed by atoms with Crippen molar-refractivity contribution in [3.8, 4) is 28.2 Å². The van der Waals surface area contributed by atoms with Gasteiger partial charge in [0.1, 0.15) is 11.3 Å². The van der Waals surface area contributed by atoms with Crippen LogP contribution < -0.4 is 10.1 Å². The highest BCUT2D eigenvalue weighted by Gasteiger charge is 2.30. The molecule has 0 saturated heterocycles. The van der Waals surface area contributed by atoms with Crippen LogP contribution in [0.25, 0.3) is 16.4 Å². The quantitative estimate of drug-likeness (QED) is 0.528. The van der Waals surface area contributed by atoms with Crippen molar-refractivity contribution in [3.63, 3.8) is 0 Å². The molecular weight excluding hydrogens is 418 g/mol. The summed E-state index contributed by atoms with van der Waals surface area (Å²) < 4.78 is 7.43. The first-order valence-electron chi connectivity index (χ1n) is 9.37. The van der Waals surface area contributed by atoms with Crippen LogP contribution in [-0.2, 0) is 4.79 Å². The average molecular weight is 442 g/mol. The number of hydrogen-bond acceptors (Lipinski definition) is 7. The number of benzene rings is 1. The first kappa shape index (κ1) is 21.9. The second kappa shape index (κ2) is 9.32. The van der Waals surface area contributed by atoms with Gasteiger partial charge in [-0.2, -0.15) is 5.26 Å². The van der Waals surface area contributed by atoms with E-state index in [2.05, 4.69) is 21.6 Å². The lowest BCUT2D eigenvalue weighted by Crippen LogP contribution is -2.49. The van der Waals surface area contributed by atoms with Crippen molar-refractivity contribution in [2.24, 2.45) is 5.92 Å². The number of thioether (sulfide) groups is 1. The van der Waals surface area contributed by atoms with Crippen LogP contribution >= 0.6 is 23.1 Å². The third kappa shape index (κ3) is 4.50. The smallest absolute Gasteiger partial charge is 0.231 e. The van der Waals surface area contributed by atoms with Crippen LogP contribution in [0.15, 0.2) is 46.9 Å². The molecule has 0 fully saturated rings. The highest BCUT2D eigenvalue weighted by Crippen LogP contribution is 2.34. The van der Waals surface area contributed by atoms with Gasteiger partial charge in [-0.15, -0.1) is 21.5 Å². The van der Waals surface area contributed by atoms with Crippen molar-refractivity contribution in [2.75, 3.05) is 12.9 Å². The number of carbonyl (C=O) groups is 1. The number of carbonyl (C=O) groups excluding carboxylic acids is 1. The molecule has 1 atom stereocenters. The largest absolute Gasteiger partial charge is 0.495 e. The number of nitriles is 1. The number of thiophene rings is 1. The Labute approximate surface area is 184 Å². The van der Waals surface area contributed by atoms with Gasteiger partial charge in [-0.1, -0.05) is 43.8 Å². The van der Waals surface area contributed by atoms with Crippen molar-refractivity contribution in [3.05, 3.63) is 41.8 Å². The van der Waals surface area contributed by atoms with Gasteiger partial charge in [-0.05, 0) is 36.4 Å². The van der Waals surface area contributed by atoms with Gasteiger partial charge in [0.15, 0.2) is 11.0 Å². The minimum Gasteiger partial charge on any atom is -0.495 e. The SMILES string of the molecule is COc1ccccc1-n1c(SCC(=O)NC(C)(C#N)C(C)C)nnc1-c1cccs1. The normalized spacial score (nSPS) is 12.9. The van der Waals surface area contributed by atoms with Gasteiger partial charge < -0.3 is 10.1 Å². The third-order valence-corrected chi connectivity index (χ3v) is 6.61. The third-order valence-electron chi connectivity index (χ3n) is 4.82. The summed E-state index contributed by atoms with van der Waals surface area (Å²) in [7, 11) is 1.61. The van der Waals surface area contributed by atoms with E-state index in [0.717, 1.165) is 10.6 Å². The monoisotopic (exact) mass is 441 g/mol. The van der Waals surface area contributed by atoms with E-state index in [0.29, 0.717) is 16.7 Å². The van der Waals surface area contributed by atoms with E-state index in [1.165, 1.54) is 11.8 Å². The van der Waals surface area contributed by atoms with Gasteiger partial charge >= 0.3 is 0 Å². The van der Waals surface area contributed by atoms with Crippen molar-refractivity contribution in [1.82, 2.24) is 20.1 Å². The number of rotatable bonds is 8. The summed E-state index contributed by atoms with van der Waals surface area (Å²) in [4.78, 5) is 13.5. The molecule has 1 amide bonds. The Hall–Kier alpha value is -2.83. The topological polar surface area (TPSA) is 92.8 Å². The molecule has 7 nitrogen and oxygen atoms in total. The van der Waals surface area contributed by atoms with Crippen LogP contribution in [0.4, 0.5) is 0 Å². The van der Waals surface area contributed by atoms with Crippen molar-refractivity contribution >= 4 is 29.0 Å². The van der Waals surface area contributed by atoms with E-state index in [1.807, 2.05) is 60.2 Å². The zero-order valence-electron chi connectivity index (χ0n) is 17.2. The maximum atomic E-state index is 12.5. The van der Waals surface area contributed by atoms with Crippen LogP contribution in [0.1, 0.15) is 20.8 Å². The van der Waals surface area contributed by atoms with Gasteiger partial charge in [0, 0.05) is 0 Å². The van der Waals surface area contributed by atoms with Crippen LogP contribution in [0, 0.1) is 17.2 Å². The number of para-hydroxylation sites is 2. The Balaban J connectivity index is 1.91. The van der Waals surface area contributed by atoms with E-state index in [4.69, 9.17) is 4.74 Å². The molecule has 1 unspecified atom stereocenters. The van der Waals surface area contributed by atoms with Gasteiger partial charge in [-0.25, -0.2) is 0 Å². The Morgan fingerprint density at radius 3 is 2.73 bits per heavy atom. The molecule has 2 aromatic heterocycles. The molecular formula is C21H23N5O2S2. The zero-order valence-corrected chi connectivity index (χ0v) is 18.9. The number of amides is 1. The van der Waals surface area contributed by atoms with Crippen LogP contribution in [0.3, 0.4) is 0 Å².